The van der Waals surface area contributed by atoms with Gasteiger partial charge in [0.15, 0.2) is 0 Å². The summed E-state index contributed by atoms with van der Waals surface area (Å²) in [4.78, 5) is 17.5. The normalized spacial score (nSPS) is 10.5. The topological polar surface area (TPSA) is 60.2 Å². The Morgan fingerprint density at radius 1 is 1.36 bits per heavy atom. The highest BCUT2D eigenvalue weighted by Crippen LogP contribution is 2.21. The number of methoxy groups -OCH3 is 1. The molecule has 2 heterocycles. The van der Waals surface area contributed by atoms with E-state index in [1.54, 1.807) is 18.2 Å². The van der Waals surface area contributed by atoms with Crippen LogP contribution in [0.1, 0.15) is 30.2 Å². The summed E-state index contributed by atoms with van der Waals surface area (Å²) in [5.41, 5.74) is 3.60. The highest BCUT2D eigenvalue weighted by molar-refractivity contribution is 5.74. The molecule has 2 aromatic heterocycles. The summed E-state index contributed by atoms with van der Waals surface area (Å²) in [6.07, 6.45) is 5.38. The number of hydrogen-bond donors (Lipinski definition) is 0. The van der Waals surface area contributed by atoms with Crippen LogP contribution in [0.15, 0.2) is 18.5 Å². The van der Waals surface area contributed by atoms with Gasteiger partial charge in [0.25, 0.3) is 0 Å². The molecule has 6 nitrogen and oxygen atoms in total. The maximum Gasteiger partial charge on any atom is 0.216 e. The third kappa shape index (κ3) is 3.44. The minimum absolute atomic E-state index is 0.393. The van der Waals surface area contributed by atoms with E-state index in [2.05, 4.69) is 17.0 Å². The number of aryl methyl sites for hydroxylation is 3. The van der Waals surface area contributed by atoms with Gasteiger partial charge in [0.1, 0.15) is 0 Å². The van der Waals surface area contributed by atoms with Crippen LogP contribution in [0.2, 0.25) is 0 Å². The molecule has 0 spiro atoms. The van der Waals surface area contributed by atoms with Crippen molar-refractivity contribution in [2.24, 2.45) is 0 Å². The summed E-state index contributed by atoms with van der Waals surface area (Å²) >= 11 is 0. The van der Waals surface area contributed by atoms with E-state index in [1.807, 2.05) is 30.8 Å². The first-order chi connectivity index (χ1) is 10.6. The van der Waals surface area contributed by atoms with Crippen molar-refractivity contribution >= 4 is 12.1 Å². The summed E-state index contributed by atoms with van der Waals surface area (Å²) in [7, 11) is 1.60. The number of pyridine rings is 1. The highest BCUT2D eigenvalue weighted by Gasteiger charge is 2.13. The van der Waals surface area contributed by atoms with Gasteiger partial charge in [-0.05, 0) is 31.9 Å². The molecule has 0 atom stereocenters. The molecular formula is C16H22N4O2. The van der Waals surface area contributed by atoms with Gasteiger partial charge in [0.05, 0.1) is 31.2 Å². The van der Waals surface area contributed by atoms with Crippen molar-refractivity contribution in [1.82, 2.24) is 14.8 Å². The molecule has 0 bridgehead atoms. The van der Waals surface area contributed by atoms with Gasteiger partial charge >= 0.3 is 0 Å². The third-order valence-corrected chi connectivity index (χ3v) is 3.51. The van der Waals surface area contributed by atoms with Gasteiger partial charge in [0.2, 0.25) is 12.3 Å². The van der Waals surface area contributed by atoms with Crippen LogP contribution in [-0.2, 0) is 17.9 Å². The monoisotopic (exact) mass is 302 g/mol. The molecule has 0 saturated carbocycles. The second-order valence-corrected chi connectivity index (χ2v) is 5.27. The van der Waals surface area contributed by atoms with E-state index in [4.69, 9.17) is 4.74 Å². The van der Waals surface area contributed by atoms with Gasteiger partial charge in [0, 0.05) is 18.3 Å². The predicted octanol–water partition coefficient (Wildman–Crippen LogP) is 2.48. The lowest BCUT2D eigenvalue weighted by molar-refractivity contribution is -0.107. The molecule has 22 heavy (non-hydrogen) atoms. The van der Waals surface area contributed by atoms with Gasteiger partial charge in [-0.1, -0.05) is 6.92 Å². The molecule has 0 aliphatic rings. The second-order valence-electron chi connectivity index (χ2n) is 5.27. The summed E-state index contributed by atoms with van der Waals surface area (Å²) in [5, 5.41) is 4.26. The largest absolute Gasteiger partial charge is 0.481 e. The van der Waals surface area contributed by atoms with Crippen molar-refractivity contribution < 1.29 is 9.53 Å². The smallest absolute Gasteiger partial charge is 0.216 e. The number of ether oxygens (including phenoxy) is 1. The zero-order valence-electron chi connectivity index (χ0n) is 13.5. The van der Waals surface area contributed by atoms with Crippen LogP contribution in [0, 0.1) is 13.8 Å². The molecule has 0 fully saturated rings. The van der Waals surface area contributed by atoms with E-state index < -0.39 is 0 Å². The Labute approximate surface area is 130 Å². The Balaban J connectivity index is 2.24. The van der Waals surface area contributed by atoms with Crippen LogP contribution < -0.4 is 9.64 Å². The second kappa shape index (κ2) is 7.06. The predicted molar refractivity (Wildman–Crippen MR) is 85.0 cm³/mol. The first-order valence-corrected chi connectivity index (χ1v) is 7.34. The molecule has 0 aliphatic carbocycles. The van der Waals surface area contributed by atoms with Crippen molar-refractivity contribution in [2.45, 2.75) is 40.3 Å². The number of carbonyl (C=O) groups excluding carboxylic acids is 1. The van der Waals surface area contributed by atoms with E-state index >= 15 is 0 Å². The van der Waals surface area contributed by atoms with Crippen LogP contribution in [-0.4, -0.2) is 28.3 Å². The lowest BCUT2D eigenvalue weighted by Gasteiger charge is -2.17. The van der Waals surface area contributed by atoms with Crippen LogP contribution in [0.4, 0.5) is 5.69 Å². The average Bonchev–Trinajstić information content (AvgIpc) is 2.95. The van der Waals surface area contributed by atoms with Gasteiger partial charge in [-0.2, -0.15) is 5.10 Å². The molecular weight excluding hydrogens is 280 g/mol. The summed E-state index contributed by atoms with van der Waals surface area (Å²) in [5.74, 6) is 0.591. The Hall–Kier alpha value is -2.37. The number of carbonyl (C=O) groups is 1. The molecule has 0 aromatic carbocycles. The number of hydrogen-bond acceptors (Lipinski definition) is 4. The fraction of sp³-hybridized carbons (Fsp3) is 0.438. The minimum Gasteiger partial charge on any atom is -0.481 e. The number of aromatic nitrogens is 3. The van der Waals surface area contributed by atoms with Crippen molar-refractivity contribution in [1.29, 1.82) is 0 Å². The van der Waals surface area contributed by atoms with Crippen LogP contribution >= 0.6 is 0 Å². The van der Waals surface area contributed by atoms with Gasteiger partial charge in [-0.15, -0.1) is 0 Å². The van der Waals surface area contributed by atoms with Crippen LogP contribution in [0.25, 0.3) is 0 Å². The summed E-state index contributed by atoms with van der Waals surface area (Å²) in [6.45, 7) is 7.25. The van der Waals surface area contributed by atoms with Crippen molar-refractivity contribution in [3.63, 3.8) is 0 Å². The third-order valence-electron chi connectivity index (χ3n) is 3.51. The number of anilines is 1. The first kappa shape index (κ1) is 16.0. The van der Waals surface area contributed by atoms with Gasteiger partial charge in [-0.25, -0.2) is 4.98 Å². The lowest BCUT2D eigenvalue weighted by atomic mass is 10.1. The van der Waals surface area contributed by atoms with E-state index in [1.165, 1.54) is 0 Å². The van der Waals surface area contributed by atoms with Crippen molar-refractivity contribution in [2.75, 3.05) is 12.0 Å². The fourth-order valence-corrected chi connectivity index (χ4v) is 2.34. The fourth-order valence-electron chi connectivity index (χ4n) is 2.34. The molecule has 6 heteroatoms. The van der Waals surface area contributed by atoms with Gasteiger partial charge < -0.3 is 9.64 Å². The number of nitrogens with zero attached hydrogens (tertiary/aromatic N) is 4. The molecule has 2 rings (SSSR count). The minimum atomic E-state index is 0.393. The van der Waals surface area contributed by atoms with Crippen molar-refractivity contribution in [3.05, 3.63) is 35.3 Å². The van der Waals surface area contributed by atoms with Crippen LogP contribution in [0.5, 0.6) is 5.88 Å². The molecule has 0 saturated heterocycles. The average molecular weight is 302 g/mol. The van der Waals surface area contributed by atoms with E-state index in [0.717, 1.165) is 41.9 Å². The molecule has 0 N–H and O–H groups in total. The number of amides is 1. The zero-order chi connectivity index (χ0) is 16.1. The molecule has 1 amide bonds. The molecule has 0 unspecified atom stereocenters. The van der Waals surface area contributed by atoms with E-state index in [-0.39, 0.29) is 0 Å². The maximum atomic E-state index is 11.4. The Kier molecular flexibility index (Phi) is 5.14. The standard InChI is InChI=1S/C16H22N4O2/c1-5-6-20-9-14(8-17-20)19(11-21)10-15-12(2)7-13(3)16(18-15)22-4/h7-9,11H,5-6,10H2,1-4H3. The molecule has 0 radical (unpaired) electrons. The SMILES string of the molecule is CCCn1cc(N(C=O)Cc2nc(OC)c(C)cc2C)cn1. The van der Waals surface area contributed by atoms with Crippen molar-refractivity contribution in [3.8, 4) is 5.88 Å². The lowest BCUT2D eigenvalue weighted by Crippen LogP contribution is -2.21. The molecule has 2 aromatic rings. The molecule has 118 valence electrons. The number of rotatable bonds is 7. The van der Waals surface area contributed by atoms with E-state index in [0.29, 0.717) is 12.4 Å². The Morgan fingerprint density at radius 2 is 2.14 bits per heavy atom. The highest BCUT2D eigenvalue weighted by atomic mass is 16.5. The summed E-state index contributed by atoms with van der Waals surface area (Å²) < 4.78 is 7.10. The Bertz CT molecular complexity index is 652. The zero-order valence-corrected chi connectivity index (χ0v) is 13.5. The first-order valence-electron chi connectivity index (χ1n) is 7.34. The van der Waals surface area contributed by atoms with E-state index in [9.17, 15) is 4.79 Å². The molecule has 0 aliphatic heterocycles. The maximum absolute atomic E-state index is 11.4. The van der Waals surface area contributed by atoms with Crippen LogP contribution in [0.3, 0.4) is 0 Å². The summed E-state index contributed by atoms with van der Waals surface area (Å²) in [6, 6.07) is 2.02. The van der Waals surface area contributed by atoms with Gasteiger partial charge in [-0.3, -0.25) is 9.48 Å². The Morgan fingerprint density at radius 3 is 2.77 bits per heavy atom. The quantitative estimate of drug-likeness (QED) is 0.737.